The zero-order valence-electron chi connectivity index (χ0n) is 10.8. The molecule has 1 aliphatic heterocycles. The van der Waals surface area contributed by atoms with Gasteiger partial charge in [-0.15, -0.1) is 0 Å². The molecule has 0 fully saturated rings. The number of amidine groups is 1. The number of imidazole rings is 1. The molecule has 1 aromatic heterocycles. The Balaban J connectivity index is 2.28. The fraction of sp³-hybridized carbons (Fsp3) is 0.154. The summed E-state index contributed by atoms with van der Waals surface area (Å²) in [6, 6.07) is 7.28. The Labute approximate surface area is 114 Å². The number of amides is 1. The SMILES string of the molecule is CN1Cc2c(C(N)=NO)ncn2-c2ccccc2C1=O. The summed E-state index contributed by atoms with van der Waals surface area (Å²) in [5, 5.41) is 11.8. The van der Waals surface area contributed by atoms with Gasteiger partial charge in [-0.2, -0.15) is 0 Å². The van der Waals surface area contributed by atoms with Gasteiger partial charge < -0.3 is 15.8 Å². The molecule has 0 radical (unpaired) electrons. The number of aromatic nitrogens is 2. The van der Waals surface area contributed by atoms with Gasteiger partial charge in [0.05, 0.1) is 23.5 Å². The first-order valence-corrected chi connectivity index (χ1v) is 6.02. The number of nitrogens with zero attached hydrogens (tertiary/aromatic N) is 4. The Hall–Kier alpha value is -2.83. The summed E-state index contributed by atoms with van der Waals surface area (Å²) >= 11 is 0. The number of oxime groups is 1. The van der Waals surface area contributed by atoms with Crippen molar-refractivity contribution in [3.63, 3.8) is 0 Å². The van der Waals surface area contributed by atoms with Crippen molar-refractivity contribution in [3.8, 4) is 5.69 Å². The fourth-order valence-electron chi connectivity index (χ4n) is 2.36. The van der Waals surface area contributed by atoms with E-state index in [2.05, 4.69) is 10.1 Å². The summed E-state index contributed by atoms with van der Waals surface area (Å²) in [7, 11) is 1.71. The van der Waals surface area contributed by atoms with Crippen LogP contribution >= 0.6 is 0 Å². The van der Waals surface area contributed by atoms with Crippen molar-refractivity contribution in [2.75, 3.05) is 7.05 Å². The van der Waals surface area contributed by atoms with Crippen LogP contribution in [-0.2, 0) is 6.54 Å². The van der Waals surface area contributed by atoms with E-state index < -0.39 is 0 Å². The van der Waals surface area contributed by atoms with Crippen molar-refractivity contribution in [2.24, 2.45) is 10.9 Å². The van der Waals surface area contributed by atoms with E-state index >= 15 is 0 Å². The molecular formula is C13H13N5O2. The largest absolute Gasteiger partial charge is 0.409 e. The molecule has 3 rings (SSSR count). The maximum absolute atomic E-state index is 12.3. The lowest BCUT2D eigenvalue weighted by molar-refractivity contribution is 0.0788. The second kappa shape index (κ2) is 4.37. The van der Waals surface area contributed by atoms with Gasteiger partial charge in [-0.25, -0.2) is 4.98 Å². The molecule has 20 heavy (non-hydrogen) atoms. The van der Waals surface area contributed by atoms with E-state index in [-0.39, 0.29) is 11.7 Å². The monoisotopic (exact) mass is 271 g/mol. The van der Waals surface area contributed by atoms with E-state index in [1.54, 1.807) is 28.9 Å². The van der Waals surface area contributed by atoms with Crippen molar-refractivity contribution in [1.82, 2.24) is 14.5 Å². The van der Waals surface area contributed by atoms with Gasteiger partial charge in [-0.1, -0.05) is 17.3 Å². The number of fused-ring (bicyclic) bond motifs is 3. The van der Waals surface area contributed by atoms with Gasteiger partial charge in [0.25, 0.3) is 5.91 Å². The molecule has 0 atom stereocenters. The highest BCUT2D eigenvalue weighted by Crippen LogP contribution is 2.25. The number of para-hydroxylation sites is 1. The average molecular weight is 271 g/mol. The van der Waals surface area contributed by atoms with Gasteiger partial charge >= 0.3 is 0 Å². The Morgan fingerprint density at radius 3 is 2.95 bits per heavy atom. The van der Waals surface area contributed by atoms with Crippen molar-refractivity contribution >= 4 is 11.7 Å². The van der Waals surface area contributed by atoms with Crippen molar-refractivity contribution < 1.29 is 10.0 Å². The van der Waals surface area contributed by atoms with E-state index in [0.29, 0.717) is 23.5 Å². The second-order valence-electron chi connectivity index (χ2n) is 4.57. The van der Waals surface area contributed by atoms with Crippen LogP contribution in [0.1, 0.15) is 21.7 Å². The van der Waals surface area contributed by atoms with Crippen molar-refractivity contribution in [2.45, 2.75) is 6.54 Å². The lowest BCUT2D eigenvalue weighted by atomic mass is 10.1. The number of carbonyl (C=O) groups is 1. The molecule has 0 saturated heterocycles. The second-order valence-corrected chi connectivity index (χ2v) is 4.57. The summed E-state index contributed by atoms with van der Waals surface area (Å²) in [5.74, 6) is -0.145. The molecule has 0 bridgehead atoms. The molecule has 1 aromatic carbocycles. The number of hydrogen-bond acceptors (Lipinski definition) is 4. The Morgan fingerprint density at radius 2 is 2.20 bits per heavy atom. The van der Waals surface area contributed by atoms with Crippen LogP contribution in [0.2, 0.25) is 0 Å². The van der Waals surface area contributed by atoms with Crippen LogP contribution in [0.3, 0.4) is 0 Å². The lowest BCUT2D eigenvalue weighted by Crippen LogP contribution is -2.26. The summed E-state index contributed by atoms with van der Waals surface area (Å²) in [5.41, 5.74) is 8.05. The minimum Gasteiger partial charge on any atom is -0.409 e. The Kier molecular flexibility index (Phi) is 2.67. The maximum atomic E-state index is 12.3. The van der Waals surface area contributed by atoms with Crippen molar-refractivity contribution in [3.05, 3.63) is 47.5 Å². The van der Waals surface area contributed by atoms with E-state index in [9.17, 15) is 4.79 Å². The minimum absolute atomic E-state index is 0.0704. The zero-order chi connectivity index (χ0) is 14.3. The molecule has 2 heterocycles. The smallest absolute Gasteiger partial charge is 0.256 e. The molecular weight excluding hydrogens is 258 g/mol. The van der Waals surface area contributed by atoms with Gasteiger partial charge in [0.2, 0.25) is 0 Å². The number of carbonyl (C=O) groups excluding carboxylic acids is 1. The molecule has 7 heteroatoms. The molecule has 1 aliphatic rings. The minimum atomic E-state index is -0.0743. The van der Waals surface area contributed by atoms with Crippen LogP contribution in [0.15, 0.2) is 35.7 Å². The molecule has 0 unspecified atom stereocenters. The molecule has 102 valence electrons. The van der Waals surface area contributed by atoms with Crippen LogP contribution in [0, 0.1) is 0 Å². The number of hydrogen-bond donors (Lipinski definition) is 2. The van der Waals surface area contributed by atoms with E-state index in [1.807, 2.05) is 18.2 Å². The topological polar surface area (TPSA) is 96.7 Å². The van der Waals surface area contributed by atoms with Crippen LogP contribution in [0.25, 0.3) is 5.69 Å². The molecule has 0 saturated carbocycles. The van der Waals surface area contributed by atoms with Crippen LogP contribution in [0.5, 0.6) is 0 Å². The van der Waals surface area contributed by atoms with Crippen LogP contribution in [-0.4, -0.2) is 38.4 Å². The number of nitrogens with two attached hydrogens (primary N) is 1. The fourth-order valence-corrected chi connectivity index (χ4v) is 2.36. The van der Waals surface area contributed by atoms with Crippen molar-refractivity contribution in [1.29, 1.82) is 0 Å². The zero-order valence-corrected chi connectivity index (χ0v) is 10.8. The van der Waals surface area contributed by atoms with Gasteiger partial charge in [-0.3, -0.25) is 9.36 Å². The van der Waals surface area contributed by atoms with E-state index in [1.165, 1.54) is 0 Å². The van der Waals surface area contributed by atoms with Crippen LogP contribution < -0.4 is 5.73 Å². The molecule has 0 spiro atoms. The third-order valence-corrected chi connectivity index (χ3v) is 3.34. The normalized spacial score (nSPS) is 14.8. The van der Waals surface area contributed by atoms with Gasteiger partial charge in [0.15, 0.2) is 5.84 Å². The highest BCUT2D eigenvalue weighted by atomic mass is 16.4. The third-order valence-electron chi connectivity index (χ3n) is 3.34. The first-order chi connectivity index (χ1) is 9.63. The quantitative estimate of drug-likeness (QED) is 0.342. The predicted octanol–water partition coefficient (Wildman–Crippen LogP) is 0.552. The average Bonchev–Trinajstić information content (AvgIpc) is 2.85. The van der Waals surface area contributed by atoms with E-state index in [4.69, 9.17) is 10.9 Å². The van der Waals surface area contributed by atoms with E-state index in [0.717, 1.165) is 5.69 Å². The van der Waals surface area contributed by atoms with Gasteiger partial charge in [0.1, 0.15) is 12.0 Å². The maximum Gasteiger partial charge on any atom is 0.256 e. The Morgan fingerprint density at radius 1 is 1.45 bits per heavy atom. The first-order valence-electron chi connectivity index (χ1n) is 6.02. The first kappa shape index (κ1) is 12.2. The number of benzene rings is 1. The Bertz CT molecular complexity index is 719. The molecule has 1 amide bonds. The summed E-state index contributed by atoms with van der Waals surface area (Å²) in [6.07, 6.45) is 1.58. The highest BCUT2D eigenvalue weighted by molar-refractivity contribution is 6.00. The highest BCUT2D eigenvalue weighted by Gasteiger charge is 2.26. The summed E-state index contributed by atoms with van der Waals surface area (Å²) in [4.78, 5) is 18.1. The van der Waals surface area contributed by atoms with Gasteiger partial charge in [0, 0.05) is 7.05 Å². The van der Waals surface area contributed by atoms with Gasteiger partial charge in [-0.05, 0) is 12.1 Å². The summed E-state index contributed by atoms with van der Waals surface area (Å²) in [6.45, 7) is 0.332. The molecule has 2 aromatic rings. The third kappa shape index (κ3) is 1.63. The molecule has 0 aliphatic carbocycles. The standard InChI is InChI=1S/C13H13N5O2/c1-17-6-10-11(12(14)16-20)15-7-18(10)9-5-3-2-4-8(9)13(17)19/h2-5,7,20H,6H2,1H3,(H2,14,16). The lowest BCUT2D eigenvalue weighted by Gasteiger charge is -2.14. The molecule has 3 N–H and O–H groups in total. The predicted molar refractivity (Wildman–Crippen MR) is 71.9 cm³/mol. The van der Waals surface area contributed by atoms with Crippen LogP contribution in [0.4, 0.5) is 0 Å². The molecule has 7 nitrogen and oxygen atoms in total. The number of rotatable bonds is 1. The summed E-state index contributed by atoms with van der Waals surface area (Å²) < 4.78 is 1.80.